The third-order valence-electron chi connectivity index (χ3n) is 21.2. The van der Waals surface area contributed by atoms with Gasteiger partial charge in [-0.2, -0.15) is 0 Å². The number of hydrogen-bond donors (Lipinski definition) is 1. The number of rotatable bonds is 87. The van der Waals surface area contributed by atoms with Gasteiger partial charge in [-0.25, -0.2) is 4.79 Å². The zero-order chi connectivity index (χ0) is 73.2. The quantitative estimate of drug-likeness (QED) is 0.0211. The summed E-state index contributed by atoms with van der Waals surface area (Å²) < 4.78 is 23.1. The van der Waals surface area contributed by atoms with E-state index in [-0.39, 0.29) is 38.2 Å². The molecule has 0 aromatic heterocycles. The molecule has 598 valence electrons. The smallest absolute Gasteiger partial charge is 0.361 e. The first-order valence-electron chi connectivity index (χ1n) is 45.5. The molecular weight excluding hydrogens is 1250 g/mol. The van der Waals surface area contributed by atoms with E-state index < -0.39 is 18.4 Å². The third-order valence-corrected chi connectivity index (χ3v) is 21.2. The molecule has 0 saturated heterocycles. The number of allylic oxidation sites excluding steroid dienone is 4. The number of aliphatic carboxylic acids is 1. The molecule has 0 saturated carbocycles. The lowest BCUT2D eigenvalue weighted by Gasteiger charge is -2.25. The summed E-state index contributed by atoms with van der Waals surface area (Å²) in [6.07, 6.45) is 105. The second-order valence-electron chi connectivity index (χ2n) is 32.6. The van der Waals surface area contributed by atoms with Gasteiger partial charge in [-0.15, -0.1) is 0 Å². The highest BCUT2D eigenvalue weighted by molar-refractivity contribution is 5.71. The van der Waals surface area contributed by atoms with Gasteiger partial charge in [-0.1, -0.05) is 436 Å². The van der Waals surface area contributed by atoms with Gasteiger partial charge in [-0.3, -0.25) is 9.59 Å². The van der Waals surface area contributed by atoms with Gasteiger partial charge in [0.25, 0.3) is 6.29 Å². The number of quaternary nitrogens is 1. The molecule has 0 aliphatic rings. The van der Waals surface area contributed by atoms with Gasteiger partial charge < -0.3 is 28.5 Å². The van der Waals surface area contributed by atoms with E-state index in [1.807, 2.05) is 21.1 Å². The van der Waals surface area contributed by atoms with Gasteiger partial charge in [0, 0.05) is 12.8 Å². The van der Waals surface area contributed by atoms with Gasteiger partial charge in [0.05, 0.1) is 34.4 Å². The summed E-state index contributed by atoms with van der Waals surface area (Å²) in [5, 5.41) is 9.79. The van der Waals surface area contributed by atoms with Crippen molar-refractivity contribution >= 4 is 17.9 Å². The molecule has 2 unspecified atom stereocenters. The Bertz CT molecular complexity index is 1710. The minimum absolute atomic E-state index is 0.173. The number of unbranched alkanes of at least 4 members (excludes halogenated alkanes) is 68. The van der Waals surface area contributed by atoms with E-state index >= 15 is 0 Å². The molecule has 0 aromatic carbocycles. The van der Waals surface area contributed by atoms with Crippen LogP contribution in [0.25, 0.3) is 0 Å². The van der Waals surface area contributed by atoms with Crippen molar-refractivity contribution in [1.29, 1.82) is 0 Å². The van der Waals surface area contributed by atoms with Crippen LogP contribution < -0.4 is 0 Å². The number of esters is 2. The van der Waals surface area contributed by atoms with Crippen molar-refractivity contribution in [2.75, 3.05) is 47.5 Å². The number of likely N-dealkylation sites (N-methyl/N-ethyl adjacent to an activating group) is 1. The molecule has 0 aliphatic carbocycles. The number of hydrogen-bond acceptors (Lipinski definition) is 7. The molecule has 0 bridgehead atoms. The molecule has 0 fully saturated rings. The average Bonchev–Trinajstić information content (AvgIpc) is 1.21. The molecule has 9 heteroatoms. The van der Waals surface area contributed by atoms with E-state index in [1.54, 1.807) is 0 Å². The molecule has 0 radical (unpaired) electrons. The highest BCUT2D eigenvalue weighted by Gasteiger charge is 2.25. The summed E-state index contributed by atoms with van der Waals surface area (Å²) >= 11 is 0. The maximum atomic E-state index is 13.0. The second kappa shape index (κ2) is 83.4. The van der Waals surface area contributed by atoms with Gasteiger partial charge >= 0.3 is 17.9 Å². The van der Waals surface area contributed by atoms with Crippen LogP contribution in [0.2, 0.25) is 0 Å². The average molecular weight is 1430 g/mol. The maximum Gasteiger partial charge on any atom is 0.361 e. The van der Waals surface area contributed by atoms with Crippen LogP contribution in [0.3, 0.4) is 0 Å². The molecule has 101 heavy (non-hydrogen) atoms. The van der Waals surface area contributed by atoms with Crippen molar-refractivity contribution in [2.24, 2.45) is 0 Å². The van der Waals surface area contributed by atoms with E-state index in [9.17, 15) is 19.5 Å². The molecule has 0 aromatic rings. The fourth-order valence-electron chi connectivity index (χ4n) is 14.2. The molecule has 9 nitrogen and oxygen atoms in total. The van der Waals surface area contributed by atoms with Crippen molar-refractivity contribution < 1.29 is 42.9 Å². The number of carbonyl (C=O) groups excluding carboxylic acids is 2. The first kappa shape index (κ1) is 98.8. The largest absolute Gasteiger partial charge is 0.477 e. The summed E-state index contributed by atoms with van der Waals surface area (Å²) in [4.78, 5) is 37.8. The van der Waals surface area contributed by atoms with Crippen LogP contribution in [0.5, 0.6) is 0 Å². The fourth-order valence-corrected chi connectivity index (χ4v) is 14.2. The first-order valence-corrected chi connectivity index (χ1v) is 45.5. The van der Waals surface area contributed by atoms with E-state index in [0.717, 1.165) is 38.5 Å². The molecule has 0 rings (SSSR count). The van der Waals surface area contributed by atoms with Crippen LogP contribution in [0.1, 0.15) is 489 Å². The first-order chi connectivity index (χ1) is 49.6. The van der Waals surface area contributed by atoms with Gasteiger partial charge in [0.15, 0.2) is 6.10 Å². The highest BCUT2D eigenvalue weighted by atomic mass is 16.7. The number of carboxylic acids is 1. The van der Waals surface area contributed by atoms with Gasteiger partial charge in [-0.05, 0) is 64.2 Å². The normalized spacial score (nSPS) is 12.6. The van der Waals surface area contributed by atoms with Crippen molar-refractivity contribution in [3.63, 3.8) is 0 Å². The molecule has 0 amide bonds. The van der Waals surface area contributed by atoms with Crippen LogP contribution in [0, 0.1) is 0 Å². The number of carbonyl (C=O) groups is 3. The van der Waals surface area contributed by atoms with Crippen molar-refractivity contribution in [2.45, 2.75) is 501 Å². The van der Waals surface area contributed by atoms with Crippen LogP contribution in [0.15, 0.2) is 24.3 Å². The summed E-state index contributed by atoms with van der Waals surface area (Å²) in [6, 6.07) is 0. The Morgan fingerprint density at radius 1 is 0.287 bits per heavy atom. The Hall–Kier alpha value is -2.23. The lowest BCUT2D eigenvalue weighted by molar-refractivity contribution is -0.870. The zero-order valence-corrected chi connectivity index (χ0v) is 68.9. The van der Waals surface area contributed by atoms with Crippen molar-refractivity contribution in [1.82, 2.24) is 0 Å². The topological polar surface area (TPSA) is 108 Å². The molecule has 0 heterocycles. The van der Waals surface area contributed by atoms with Crippen LogP contribution in [-0.2, 0) is 33.3 Å². The highest BCUT2D eigenvalue weighted by Crippen LogP contribution is 2.21. The summed E-state index contributed by atoms with van der Waals surface area (Å²) in [5.74, 6) is -1.96. The SMILES string of the molecule is CCCCCCCCCC/C=C\CCCCCCCCCCCCCCCCCCCCCCCCCCCCCCCC(=O)OC(COC(=O)CCCCCCCCCCCCCCCCCCCCCCCCC/C=C\CCCCCCCCCC)COC(OCC[N+](C)(C)C)C(=O)O. The van der Waals surface area contributed by atoms with Crippen molar-refractivity contribution in [3.05, 3.63) is 24.3 Å². The Balaban J connectivity index is 3.88. The Labute approximate surface area is 630 Å². The number of carboxylic acid groups (broad SMARTS) is 1. The zero-order valence-electron chi connectivity index (χ0n) is 68.9. The minimum atomic E-state index is -1.51. The molecule has 0 aliphatic heterocycles. The third kappa shape index (κ3) is 84.9. The standard InChI is InChI=1S/C92H177NO8/c1-6-8-10-12-14-16-18-20-22-24-26-28-30-32-34-36-38-40-42-43-44-45-46-47-49-51-53-55-57-59-61-63-65-67-69-71-73-75-77-79-81-83-90(95)101-88(87-100-92(91(96)97)98-85-84-93(3,4)5)86-99-89(94)82-80-78-76-74-72-70-68-66-64-62-60-58-56-54-52-50-48-41-39-37-35-33-31-29-27-25-23-21-19-17-15-13-11-9-7-2/h24-27,88,92H,6-23,28-87H2,1-5H3/p+1/b26-24-,27-25-. The molecule has 2 atom stereocenters. The Morgan fingerprint density at radius 3 is 0.733 bits per heavy atom. The fraction of sp³-hybridized carbons (Fsp3) is 0.924. The van der Waals surface area contributed by atoms with Crippen molar-refractivity contribution in [3.8, 4) is 0 Å². The van der Waals surface area contributed by atoms with Gasteiger partial charge in [0.2, 0.25) is 0 Å². The molecule has 1 N–H and O–H groups in total. The molecule has 0 spiro atoms. The maximum absolute atomic E-state index is 13.0. The van der Waals surface area contributed by atoms with Gasteiger partial charge in [0.1, 0.15) is 13.2 Å². The van der Waals surface area contributed by atoms with Crippen LogP contribution >= 0.6 is 0 Å². The number of ether oxygens (including phenoxy) is 4. The van der Waals surface area contributed by atoms with E-state index in [2.05, 4.69) is 38.2 Å². The van der Waals surface area contributed by atoms with Crippen LogP contribution in [0.4, 0.5) is 0 Å². The summed E-state index contributed by atoms with van der Waals surface area (Å²) in [6.45, 7) is 4.97. The predicted molar refractivity (Wildman–Crippen MR) is 438 cm³/mol. The van der Waals surface area contributed by atoms with Crippen LogP contribution in [-0.4, -0.2) is 87.4 Å². The second-order valence-corrected chi connectivity index (χ2v) is 32.6. The van der Waals surface area contributed by atoms with E-state index in [4.69, 9.17) is 18.9 Å². The lowest BCUT2D eigenvalue weighted by atomic mass is 10.0. The van der Waals surface area contributed by atoms with E-state index in [0.29, 0.717) is 17.4 Å². The summed E-state index contributed by atoms with van der Waals surface area (Å²) in [5.41, 5.74) is 0. The minimum Gasteiger partial charge on any atom is -0.477 e. The van der Waals surface area contributed by atoms with E-state index in [1.165, 1.54) is 424 Å². The molecular formula is C92H178NO8+. The number of nitrogens with zero attached hydrogens (tertiary/aromatic N) is 1. The monoisotopic (exact) mass is 1430 g/mol. The Kier molecular flexibility index (Phi) is 81.6. The predicted octanol–water partition coefficient (Wildman–Crippen LogP) is 29.6. The lowest BCUT2D eigenvalue weighted by Crippen LogP contribution is -2.40. The Morgan fingerprint density at radius 2 is 0.505 bits per heavy atom. The summed E-state index contributed by atoms with van der Waals surface area (Å²) in [7, 11) is 6.01.